The van der Waals surface area contributed by atoms with Gasteiger partial charge in [-0.25, -0.2) is 4.79 Å². The third kappa shape index (κ3) is 3.85. The van der Waals surface area contributed by atoms with E-state index in [1.165, 1.54) is 6.42 Å². The zero-order chi connectivity index (χ0) is 13.0. The van der Waals surface area contributed by atoms with Crippen LogP contribution in [0.2, 0.25) is 0 Å². The van der Waals surface area contributed by atoms with E-state index in [9.17, 15) is 4.79 Å². The van der Waals surface area contributed by atoms with Crippen LogP contribution in [-0.2, 0) is 9.47 Å². The van der Waals surface area contributed by atoms with Crippen LogP contribution in [0.4, 0.5) is 4.79 Å². The predicted molar refractivity (Wildman–Crippen MR) is 68.5 cm³/mol. The van der Waals surface area contributed by atoms with Gasteiger partial charge in [0.05, 0.1) is 6.10 Å². The Balaban J connectivity index is 1.70. The largest absolute Gasteiger partial charge is 0.447 e. The van der Waals surface area contributed by atoms with E-state index in [0.717, 1.165) is 32.6 Å². The Morgan fingerprint density at radius 2 is 2.28 bits per heavy atom. The van der Waals surface area contributed by atoms with Crippen LogP contribution < -0.4 is 5.32 Å². The second-order valence-corrected chi connectivity index (χ2v) is 5.50. The van der Waals surface area contributed by atoms with Gasteiger partial charge in [-0.2, -0.15) is 0 Å². The molecule has 0 aromatic rings. The number of morpholine rings is 1. The molecule has 2 rings (SSSR count). The molecule has 0 aliphatic carbocycles. The Labute approximate surface area is 109 Å². The molecular formula is C13H24N2O3. The van der Waals surface area contributed by atoms with E-state index in [2.05, 4.69) is 12.2 Å². The number of amides is 1. The Hall–Kier alpha value is -0.810. The first-order valence-corrected chi connectivity index (χ1v) is 6.93. The molecular weight excluding hydrogens is 232 g/mol. The smallest absolute Gasteiger partial charge is 0.409 e. The molecule has 3 atom stereocenters. The van der Waals surface area contributed by atoms with E-state index in [-0.39, 0.29) is 18.3 Å². The number of piperidine rings is 1. The van der Waals surface area contributed by atoms with Gasteiger partial charge in [0.25, 0.3) is 0 Å². The number of carbonyl (C=O) groups excluding carboxylic acids is 1. The molecule has 18 heavy (non-hydrogen) atoms. The third-order valence-electron chi connectivity index (χ3n) is 3.54. The fourth-order valence-electron chi connectivity index (χ4n) is 2.58. The number of nitrogens with one attached hydrogen (secondary N) is 1. The summed E-state index contributed by atoms with van der Waals surface area (Å²) in [4.78, 5) is 13.7. The fraction of sp³-hybridized carbons (Fsp3) is 0.923. The van der Waals surface area contributed by atoms with Crippen molar-refractivity contribution in [1.82, 2.24) is 10.2 Å². The molecule has 0 aromatic carbocycles. The first-order valence-electron chi connectivity index (χ1n) is 6.93. The summed E-state index contributed by atoms with van der Waals surface area (Å²) in [5, 5.41) is 3.27. The minimum Gasteiger partial charge on any atom is -0.447 e. The first-order chi connectivity index (χ1) is 8.65. The highest BCUT2D eigenvalue weighted by Crippen LogP contribution is 2.16. The highest BCUT2D eigenvalue weighted by atomic mass is 16.6. The molecule has 2 aliphatic heterocycles. The van der Waals surface area contributed by atoms with Crippen molar-refractivity contribution in [1.29, 1.82) is 0 Å². The summed E-state index contributed by atoms with van der Waals surface area (Å²) < 4.78 is 11.0. The maximum atomic E-state index is 11.9. The summed E-state index contributed by atoms with van der Waals surface area (Å²) in [6.45, 7) is 7.81. The molecule has 2 fully saturated rings. The molecule has 5 heteroatoms. The molecule has 5 nitrogen and oxygen atoms in total. The van der Waals surface area contributed by atoms with Gasteiger partial charge in [0.2, 0.25) is 0 Å². The van der Waals surface area contributed by atoms with E-state index in [1.54, 1.807) is 0 Å². The molecule has 104 valence electrons. The van der Waals surface area contributed by atoms with Crippen LogP contribution in [0, 0.1) is 5.92 Å². The lowest BCUT2D eigenvalue weighted by atomic mass is 10.0. The highest BCUT2D eigenvalue weighted by Gasteiger charge is 2.24. The molecule has 1 N–H and O–H groups in total. The third-order valence-corrected chi connectivity index (χ3v) is 3.54. The molecule has 1 amide bonds. The molecule has 3 unspecified atom stereocenters. The summed E-state index contributed by atoms with van der Waals surface area (Å²) in [6.07, 6.45) is 2.27. The number of hydrogen-bond donors (Lipinski definition) is 1. The van der Waals surface area contributed by atoms with Crippen molar-refractivity contribution in [3.05, 3.63) is 0 Å². The average Bonchev–Trinajstić information content (AvgIpc) is 2.36. The molecule has 2 aliphatic rings. The van der Waals surface area contributed by atoms with Crippen molar-refractivity contribution in [3.63, 3.8) is 0 Å². The number of ether oxygens (including phenoxy) is 2. The van der Waals surface area contributed by atoms with Gasteiger partial charge < -0.3 is 19.7 Å². The summed E-state index contributed by atoms with van der Waals surface area (Å²) in [5.41, 5.74) is 0. The average molecular weight is 256 g/mol. The maximum absolute atomic E-state index is 11.9. The Bertz CT molecular complexity index is 285. The van der Waals surface area contributed by atoms with Gasteiger partial charge in [0, 0.05) is 26.2 Å². The summed E-state index contributed by atoms with van der Waals surface area (Å²) in [7, 11) is 0. The Kier molecular flexibility index (Phi) is 4.83. The molecule has 2 saturated heterocycles. The van der Waals surface area contributed by atoms with Crippen LogP contribution in [0.5, 0.6) is 0 Å². The SMILES string of the molecule is CC1CCCN(C(=O)OCC2CNCC(C)O2)C1. The van der Waals surface area contributed by atoms with Crippen LogP contribution in [0.1, 0.15) is 26.7 Å². The second-order valence-electron chi connectivity index (χ2n) is 5.50. The lowest BCUT2D eigenvalue weighted by molar-refractivity contribution is -0.0589. The number of hydrogen-bond acceptors (Lipinski definition) is 4. The quantitative estimate of drug-likeness (QED) is 0.807. The normalized spacial score (nSPS) is 33.2. The zero-order valence-corrected chi connectivity index (χ0v) is 11.4. The summed E-state index contributed by atoms with van der Waals surface area (Å²) >= 11 is 0. The number of nitrogens with zero attached hydrogens (tertiary/aromatic N) is 1. The van der Waals surface area contributed by atoms with Crippen LogP contribution >= 0.6 is 0 Å². The first kappa shape index (κ1) is 13.6. The predicted octanol–water partition coefficient (Wildman–Crippen LogP) is 1.23. The number of rotatable bonds is 2. The van der Waals surface area contributed by atoms with Gasteiger partial charge >= 0.3 is 6.09 Å². The van der Waals surface area contributed by atoms with Crippen molar-refractivity contribution in [2.45, 2.75) is 38.9 Å². The molecule has 0 radical (unpaired) electrons. The number of likely N-dealkylation sites (tertiary alicyclic amines) is 1. The van der Waals surface area contributed by atoms with E-state index in [1.807, 2.05) is 11.8 Å². The standard InChI is InChI=1S/C13H24N2O3/c1-10-4-3-5-15(8-10)13(16)17-9-12-7-14-6-11(2)18-12/h10-12,14H,3-9H2,1-2H3. The van der Waals surface area contributed by atoms with E-state index in [0.29, 0.717) is 12.5 Å². The minimum atomic E-state index is -0.191. The summed E-state index contributed by atoms with van der Waals surface area (Å²) in [5.74, 6) is 0.582. The van der Waals surface area contributed by atoms with E-state index in [4.69, 9.17) is 9.47 Å². The van der Waals surface area contributed by atoms with Crippen LogP contribution in [0.25, 0.3) is 0 Å². The van der Waals surface area contributed by atoms with Crippen LogP contribution in [-0.4, -0.2) is 56.0 Å². The van der Waals surface area contributed by atoms with Gasteiger partial charge in [-0.1, -0.05) is 6.92 Å². The second kappa shape index (κ2) is 6.38. The van der Waals surface area contributed by atoms with Crippen molar-refractivity contribution in [2.24, 2.45) is 5.92 Å². The molecule has 2 heterocycles. The molecule has 0 spiro atoms. The highest BCUT2D eigenvalue weighted by molar-refractivity contribution is 5.67. The molecule has 0 bridgehead atoms. The topological polar surface area (TPSA) is 50.8 Å². The monoisotopic (exact) mass is 256 g/mol. The van der Waals surface area contributed by atoms with Gasteiger partial charge in [0.1, 0.15) is 12.7 Å². The fourth-order valence-corrected chi connectivity index (χ4v) is 2.58. The Morgan fingerprint density at radius 3 is 3.00 bits per heavy atom. The van der Waals surface area contributed by atoms with Gasteiger partial charge in [-0.05, 0) is 25.7 Å². The van der Waals surface area contributed by atoms with Gasteiger partial charge in [-0.3, -0.25) is 0 Å². The Morgan fingerprint density at radius 1 is 1.44 bits per heavy atom. The van der Waals surface area contributed by atoms with Gasteiger partial charge in [-0.15, -0.1) is 0 Å². The van der Waals surface area contributed by atoms with E-state index >= 15 is 0 Å². The number of carbonyl (C=O) groups is 1. The lowest BCUT2D eigenvalue weighted by Crippen LogP contribution is -2.47. The van der Waals surface area contributed by atoms with Crippen molar-refractivity contribution in [3.8, 4) is 0 Å². The summed E-state index contributed by atoms with van der Waals surface area (Å²) in [6, 6.07) is 0. The van der Waals surface area contributed by atoms with E-state index < -0.39 is 0 Å². The van der Waals surface area contributed by atoms with Crippen LogP contribution in [0.3, 0.4) is 0 Å². The maximum Gasteiger partial charge on any atom is 0.409 e. The lowest BCUT2D eigenvalue weighted by Gasteiger charge is -2.32. The van der Waals surface area contributed by atoms with Crippen molar-refractivity contribution < 1.29 is 14.3 Å². The minimum absolute atomic E-state index is 0.0140. The van der Waals surface area contributed by atoms with Crippen LogP contribution in [0.15, 0.2) is 0 Å². The molecule has 0 saturated carbocycles. The van der Waals surface area contributed by atoms with Crippen molar-refractivity contribution in [2.75, 3.05) is 32.8 Å². The molecule has 0 aromatic heterocycles. The van der Waals surface area contributed by atoms with Gasteiger partial charge in [0.15, 0.2) is 0 Å². The zero-order valence-electron chi connectivity index (χ0n) is 11.4. The van der Waals surface area contributed by atoms with Crippen molar-refractivity contribution >= 4 is 6.09 Å².